The highest BCUT2D eigenvalue weighted by Gasteiger charge is 2.34. The topological polar surface area (TPSA) is 44.8 Å². The van der Waals surface area contributed by atoms with Gasteiger partial charge in [0.25, 0.3) is 0 Å². The van der Waals surface area contributed by atoms with Gasteiger partial charge in [0, 0.05) is 38.6 Å². The molecule has 0 spiro atoms. The monoisotopic (exact) mass is 687 g/mol. The molecule has 0 saturated carbocycles. The Kier molecular flexibility index (Phi) is 15.1. The summed E-state index contributed by atoms with van der Waals surface area (Å²) in [6.07, 6.45) is -3.65. The van der Waals surface area contributed by atoms with E-state index >= 15 is 0 Å². The standard InChI is InChI=1S/C37H41ClF3N3O2.ClH/c1-43(2)22-20-42-35(45)25-28-12-9-18-32(24-28)46-23-11-21-44(26-31-17-10-19-34(36(31)38)37(39,40)41)27-33(29-13-5-3-6-14-29)30-15-7-4-8-16-30;/h3-10,12-19,24,33H,11,20-23,25-27H2,1-2H3,(H,42,45);1H. The Labute approximate surface area is 287 Å². The number of nitrogens with zero attached hydrogens (tertiary/aromatic N) is 2. The van der Waals surface area contributed by atoms with Gasteiger partial charge in [-0.05, 0) is 61.0 Å². The number of benzene rings is 4. The van der Waals surface area contributed by atoms with Crippen molar-refractivity contribution >= 4 is 29.9 Å². The largest absolute Gasteiger partial charge is 0.494 e. The Morgan fingerprint density at radius 2 is 1.51 bits per heavy atom. The van der Waals surface area contributed by atoms with Crippen LogP contribution < -0.4 is 10.1 Å². The van der Waals surface area contributed by atoms with Crippen molar-refractivity contribution in [3.63, 3.8) is 0 Å². The Bertz CT molecular complexity index is 1480. The minimum absolute atomic E-state index is 0. The maximum Gasteiger partial charge on any atom is 0.417 e. The van der Waals surface area contributed by atoms with Gasteiger partial charge in [0.05, 0.1) is 23.6 Å². The molecule has 0 radical (unpaired) electrons. The predicted octanol–water partition coefficient (Wildman–Crippen LogP) is 8.10. The maximum absolute atomic E-state index is 13.7. The molecule has 5 nitrogen and oxygen atoms in total. The van der Waals surface area contributed by atoms with Crippen LogP contribution >= 0.6 is 24.0 Å². The summed E-state index contributed by atoms with van der Waals surface area (Å²) in [5.74, 6) is 0.611. The number of ether oxygens (including phenoxy) is 1. The fourth-order valence-corrected chi connectivity index (χ4v) is 5.61. The van der Waals surface area contributed by atoms with Crippen LogP contribution in [0.4, 0.5) is 13.2 Å². The quantitative estimate of drug-likeness (QED) is 0.121. The number of carbonyl (C=O) groups excluding carboxylic acids is 1. The highest BCUT2D eigenvalue weighted by molar-refractivity contribution is 6.32. The highest BCUT2D eigenvalue weighted by atomic mass is 35.5. The first-order valence-electron chi connectivity index (χ1n) is 15.4. The van der Waals surface area contributed by atoms with Crippen LogP contribution in [0, 0.1) is 0 Å². The van der Waals surface area contributed by atoms with E-state index in [1.54, 1.807) is 6.07 Å². The lowest BCUT2D eigenvalue weighted by Crippen LogP contribution is -2.32. The zero-order valence-electron chi connectivity index (χ0n) is 26.7. The molecule has 1 N–H and O–H groups in total. The van der Waals surface area contributed by atoms with Gasteiger partial charge in [-0.15, -0.1) is 12.4 Å². The molecule has 0 fully saturated rings. The van der Waals surface area contributed by atoms with E-state index in [0.717, 1.165) is 29.3 Å². The SMILES string of the molecule is CN(C)CCNC(=O)Cc1cccc(OCCCN(Cc2cccc(C(F)(F)F)c2Cl)CC(c2ccccc2)c2ccccc2)c1.Cl. The average molecular weight is 689 g/mol. The number of likely N-dealkylation sites (N-methyl/N-ethyl adjacent to an activating group) is 1. The van der Waals surface area contributed by atoms with Gasteiger partial charge in [-0.1, -0.05) is 96.5 Å². The number of nitrogens with one attached hydrogen (secondary N) is 1. The third-order valence-corrected chi connectivity index (χ3v) is 8.10. The van der Waals surface area contributed by atoms with Crippen molar-refractivity contribution in [1.29, 1.82) is 0 Å². The molecule has 0 bridgehead atoms. The second-order valence-corrected chi connectivity index (χ2v) is 11.9. The number of hydrogen-bond donors (Lipinski definition) is 1. The number of halogens is 5. The number of alkyl halides is 3. The molecule has 1 amide bonds. The van der Waals surface area contributed by atoms with Gasteiger partial charge in [0.1, 0.15) is 5.75 Å². The summed E-state index contributed by atoms with van der Waals surface area (Å²) < 4.78 is 47.1. The Balaban J connectivity index is 0.00000600. The van der Waals surface area contributed by atoms with Crippen LogP contribution in [0.15, 0.2) is 103 Å². The lowest BCUT2D eigenvalue weighted by molar-refractivity contribution is -0.137. The van der Waals surface area contributed by atoms with E-state index < -0.39 is 11.7 Å². The van der Waals surface area contributed by atoms with Crippen LogP contribution in [0.1, 0.15) is 40.2 Å². The Morgan fingerprint density at radius 3 is 2.13 bits per heavy atom. The minimum atomic E-state index is -4.54. The Hall–Kier alpha value is -3.56. The zero-order valence-corrected chi connectivity index (χ0v) is 28.3. The summed E-state index contributed by atoms with van der Waals surface area (Å²) in [5.41, 5.74) is 2.69. The first-order chi connectivity index (χ1) is 22.1. The molecule has 4 rings (SSSR count). The number of hydrogen-bond acceptors (Lipinski definition) is 4. The molecular weight excluding hydrogens is 646 g/mol. The van der Waals surface area contributed by atoms with E-state index in [2.05, 4.69) is 34.5 Å². The maximum atomic E-state index is 13.7. The van der Waals surface area contributed by atoms with Gasteiger partial charge < -0.3 is 15.0 Å². The molecule has 0 atom stereocenters. The predicted molar refractivity (Wildman–Crippen MR) is 186 cm³/mol. The van der Waals surface area contributed by atoms with E-state index in [-0.39, 0.29) is 42.2 Å². The molecule has 47 heavy (non-hydrogen) atoms. The number of carbonyl (C=O) groups is 1. The minimum Gasteiger partial charge on any atom is -0.494 e. The van der Waals surface area contributed by atoms with Crippen LogP contribution in [0.5, 0.6) is 5.75 Å². The second-order valence-electron chi connectivity index (χ2n) is 11.6. The second kappa shape index (κ2) is 18.7. The fraction of sp³-hybridized carbons (Fsp3) is 0.324. The van der Waals surface area contributed by atoms with Crippen LogP contribution in [-0.4, -0.2) is 62.6 Å². The molecule has 0 heterocycles. The van der Waals surface area contributed by atoms with Crippen molar-refractivity contribution in [2.45, 2.75) is 31.5 Å². The molecule has 10 heteroatoms. The van der Waals surface area contributed by atoms with Gasteiger partial charge in [-0.3, -0.25) is 9.69 Å². The van der Waals surface area contributed by atoms with E-state index in [0.29, 0.717) is 44.0 Å². The molecule has 252 valence electrons. The number of amides is 1. The summed E-state index contributed by atoms with van der Waals surface area (Å²) in [5, 5.41) is 2.65. The molecular formula is C37H42Cl2F3N3O2. The number of rotatable bonds is 16. The summed E-state index contributed by atoms with van der Waals surface area (Å²) in [7, 11) is 3.91. The average Bonchev–Trinajstić information content (AvgIpc) is 3.03. The van der Waals surface area contributed by atoms with Crippen LogP contribution in [0.2, 0.25) is 5.02 Å². The van der Waals surface area contributed by atoms with Gasteiger partial charge in [-0.25, -0.2) is 0 Å². The molecule has 0 aliphatic heterocycles. The molecule has 0 aliphatic carbocycles. The molecule has 4 aromatic carbocycles. The van der Waals surface area contributed by atoms with Gasteiger partial charge >= 0.3 is 6.18 Å². The lowest BCUT2D eigenvalue weighted by atomic mass is 9.90. The van der Waals surface area contributed by atoms with Crippen LogP contribution in [-0.2, 0) is 23.9 Å². The third-order valence-electron chi connectivity index (χ3n) is 7.65. The van der Waals surface area contributed by atoms with Crippen LogP contribution in [0.3, 0.4) is 0 Å². The van der Waals surface area contributed by atoms with E-state index in [4.69, 9.17) is 16.3 Å². The highest BCUT2D eigenvalue weighted by Crippen LogP contribution is 2.37. The normalized spacial score (nSPS) is 11.5. The molecule has 0 aromatic heterocycles. The summed E-state index contributed by atoms with van der Waals surface area (Å²) in [6.45, 7) is 3.13. The molecule has 0 aliphatic rings. The van der Waals surface area contributed by atoms with Crippen LogP contribution in [0.25, 0.3) is 0 Å². The lowest BCUT2D eigenvalue weighted by Gasteiger charge is -2.29. The fourth-order valence-electron chi connectivity index (χ4n) is 5.32. The van der Waals surface area contributed by atoms with E-state index in [1.807, 2.05) is 79.7 Å². The zero-order chi connectivity index (χ0) is 32.9. The third kappa shape index (κ3) is 12.2. The van der Waals surface area contributed by atoms with Crippen molar-refractivity contribution in [3.8, 4) is 5.75 Å². The van der Waals surface area contributed by atoms with Gasteiger partial charge in [0.15, 0.2) is 0 Å². The van der Waals surface area contributed by atoms with E-state index in [9.17, 15) is 18.0 Å². The summed E-state index contributed by atoms with van der Waals surface area (Å²) >= 11 is 6.34. The molecule has 4 aromatic rings. The summed E-state index contributed by atoms with van der Waals surface area (Å²) in [6, 6.07) is 31.8. The van der Waals surface area contributed by atoms with Crippen molar-refractivity contribution in [1.82, 2.24) is 15.1 Å². The van der Waals surface area contributed by atoms with Crippen molar-refractivity contribution < 1.29 is 22.7 Å². The first-order valence-corrected chi connectivity index (χ1v) is 15.8. The van der Waals surface area contributed by atoms with E-state index in [1.165, 1.54) is 6.07 Å². The smallest absolute Gasteiger partial charge is 0.417 e. The van der Waals surface area contributed by atoms with Crippen molar-refractivity contribution in [3.05, 3.63) is 136 Å². The van der Waals surface area contributed by atoms with Gasteiger partial charge in [0.2, 0.25) is 5.91 Å². The molecule has 0 unspecified atom stereocenters. The van der Waals surface area contributed by atoms with Crippen molar-refractivity contribution in [2.75, 3.05) is 46.9 Å². The first kappa shape index (κ1) is 37.9. The van der Waals surface area contributed by atoms with Gasteiger partial charge in [-0.2, -0.15) is 13.2 Å². The summed E-state index contributed by atoms with van der Waals surface area (Å²) in [4.78, 5) is 16.5. The Morgan fingerprint density at radius 1 is 0.872 bits per heavy atom. The van der Waals surface area contributed by atoms with Crippen molar-refractivity contribution in [2.24, 2.45) is 0 Å². The molecule has 0 saturated heterocycles.